The fourth-order valence-corrected chi connectivity index (χ4v) is 3.00. The third-order valence-corrected chi connectivity index (χ3v) is 4.35. The molecule has 0 fully saturated rings. The molecule has 98 valence electrons. The first-order valence-corrected chi connectivity index (χ1v) is 7.19. The average Bonchev–Trinajstić information content (AvgIpc) is 2.39. The maximum atomic E-state index is 7.44. The van der Waals surface area contributed by atoms with Gasteiger partial charge in [-0.15, -0.1) is 11.8 Å². The summed E-state index contributed by atoms with van der Waals surface area (Å²) in [5.74, 6) is 1.07. The third-order valence-electron chi connectivity index (χ3n) is 3.13. The fraction of sp³-hybridized carbons (Fsp3) is 0.188. The van der Waals surface area contributed by atoms with Gasteiger partial charge in [0.05, 0.1) is 0 Å². The highest BCUT2D eigenvalue weighted by Crippen LogP contribution is 2.27. The van der Waals surface area contributed by atoms with E-state index in [2.05, 4.69) is 44.2 Å². The predicted octanol–water partition coefficient (Wildman–Crippen LogP) is 3.88. The number of amidine groups is 1. The largest absolute Gasteiger partial charge is 0.384 e. The lowest BCUT2D eigenvalue weighted by molar-refractivity contribution is 1.26. The monoisotopic (exact) mass is 270 g/mol. The molecule has 2 aromatic carbocycles. The molecule has 0 atom stereocenters. The van der Waals surface area contributed by atoms with Gasteiger partial charge in [-0.1, -0.05) is 30.3 Å². The van der Waals surface area contributed by atoms with Crippen LogP contribution in [0.3, 0.4) is 0 Å². The Kier molecular flexibility index (Phi) is 4.27. The van der Waals surface area contributed by atoms with Crippen LogP contribution in [-0.2, 0) is 5.75 Å². The molecule has 0 spiro atoms. The van der Waals surface area contributed by atoms with E-state index in [4.69, 9.17) is 11.1 Å². The topological polar surface area (TPSA) is 49.9 Å². The predicted molar refractivity (Wildman–Crippen MR) is 82.9 cm³/mol. The molecule has 0 aliphatic heterocycles. The van der Waals surface area contributed by atoms with Crippen molar-refractivity contribution >= 4 is 17.6 Å². The van der Waals surface area contributed by atoms with Crippen molar-refractivity contribution in [3.63, 3.8) is 0 Å². The second-order valence-corrected chi connectivity index (χ2v) is 5.63. The van der Waals surface area contributed by atoms with E-state index in [9.17, 15) is 0 Å². The van der Waals surface area contributed by atoms with Crippen molar-refractivity contribution in [1.29, 1.82) is 5.41 Å². The van der Waals surface area contributed by atoms with Gasteiger partial charge in [-0.05, 0) is 42.7 Å². The molecule has 0 heterocycles. The molecule has 0 radical (unpaired) electrons. The molecule has 2 rings (SSSR count). The summed E-state index contributed by atoms with van der Waals surface area (Å²) < 4.78 is 0. The number of hydrogen-bond donors (Lipinski definition) is 2. The lowest BCUT2D eigenvalue weighted by atomic mass is 10.1. The molecule has 0 aromatic heterocycles. The molecular formula is C16H18N2S. The van der Waals surface area contributed by atoms with E-state index in [1.807, 2.05) is 23.9 Å². The van der Waals surface area contributed by atoms with E-state index in [1.165, 1.54) is 21.6 Å². The van der Waals surface area contributed by atoms with Gasteiger partial charge in [-0.3, -0.25) is 5.41 Å². The number of nitrogen functional groups attached to an aromatic ring is 1. The van der Waals surface area contributed by atoms with E-state index in [1.54, 1.807) is 0 Å². The minimum absolute atomic E-state index is 0.126. The van der Waals surface area contributed by atoms with Crippen molar-refractivity contribution < 1.29 is 0 Å². The summed E-state index contributed by atoms with van der Waals surface area (Å²) >= 11 is 1.84. The van der Waals surface area contributed by atoms with Crippen LogP contribution in [0.25, 0.3) is 0 Å². The zero-order valence-corrected chi connectivity index (χ0v) is 12.1. The van der Waals surface area contributed by atoms with Crippen LogP contribution >= 0.6 is 11.8 Å². The van der Waals surface area contributed by atoms with Crippen molar-refractivity contribution in [3.8, 4) is 0 Å². The first-order valence-electron chi connectivity index (χ1n) is 6.20. The number of rotatable bonds is 4. The molecule has 2 nitrogen and oxygen atoms in total. The van der Waals surface area contributed by atoms with E-state index < -0.39 is 0 Å². The molecule has 0 saturated carbocycles. The minimum atomic E-state index is 0.126. The first-order chi connectivity index (χ1) is 9.08. The van der Waals surface area contributed by atoms with Gasteiger partial charge in [-0.2, -0.15) is 0 Å². The standard InChI is InChI=1S/C16H18N2S/c1-11-5-3-4-6-15(11)19-10-14-8-7-13(16(17)18)9-12(14)2/h3-9H,10H2,1-2H3,(H3,17,18). The van der Waals surface area contributed by atoms with Crippen molar-refractivity contribution in [2.45, 2.75) is 24.5 Å². The summed E-state index contributed by atoms with van der Waals surface area (Å²) in [5.41, 5.74) is 10.1. The van der Waals surface area contributed by atoms with Crippen LogP contribution in [0.15, 0.2) is 47.4 Å². The molecule has 0 aliphatic carbocycles. The maximum Gasteiger partial charge on any atom is 0.122 e. The second-order valence-electron chi connectivity index (χ2n) is 4.61. The van der Waals surface area contributed by atoms with Crippen molar-refractivity contribution in [1.82, 2.24) is 0 Å². The Morgan fingerprint density at radius 3 is 2.47 bits per heavy atom. The molecule has 0 aliphatic rings. The number of thioether (sulfide) groups is 1. The van der Waals surface area contributed by atoms with Crippen LogP contribution in [0.4, 0.5) is 0 Å². The summed E-state index contributed by atoms with van der Waals surface area (Å²) in [5, 5.41) is 7.44. The summed E-state index contributed by atoms with van der Waals surface area (Å²) in [6.45, 7) is 4.20. The number of hydrogen-bond acceptors (Lipinski definition) is 2. The Morgan fingerprint density at radius 1 is 1.11 bits per heavy atom. The highest BCUT2D eigenvalue weighted by molar-refractivity contribution is 7.98. The van der Waals surface area contributed by atoms with Crippen molar-refractivity contribution in [2.24, 2.45) is 5.73 Å². The Bertz CT molecular complexity index is 605. The van der Waals surface area contributed by atoms with Gasteiger partial charge in [0.2, 0.25) is 0 Å². The van der Waals surface area contributed by atoms with E-state index in [0.29, 0.717) is 0 Å². The Morgan fingerprint density at radius 2 is 1.84 bits per heavy atom. The van der Waals surface area contributed by atoms with E-state index in [-0.39, 0.29) is 5.84 Å². The molecule has 0 amide bonds. The van der Waals surface area contributed by atoms with Crippen LogP contribution in [0, 0.1) is 19.3 Å². The number of nitrogens with two attached hydrogens (primary N) is 1. The van der Waals surface area contributed by atoms with E-state index >= 15 is 0 Å². The molecule has 0 saturated heterocycles. The highest BCUT2D eigenvalue weighted by Gasteiger charge is 2.04. The smallest absolute Gasteiger partial charge is 0.122 e. The molecule has 3 heteroatoms. The van der Waals surface area contributed by atoms with Gasteiger partial charge in [0, 0.05) is 16.2 Å². The number of nitrogens with one attached hydrogen (secondary N) is 1. The summed E-state index contributed by atoms with van der Waals surface area (Å²) in [7, 11) is 0. The maximum absolute atomic E-state index is 7.44. The van der Waals surface area contributed by atoms with Crippen LogP contribution in [0.5, 0.6) is 0 Å². The third kappa shape index (κ3) is 3.38. The lowest BCUT2D eigenvalue weighted by Crippen LogP contribution is -2.11. The van der Waals surface area contributed by atoms with E-state index in [0.717, 1.165) is 11.3 Å². The highest BCUT2D eigenvalue weighted by atomic mass is 32.2. The first kappa shape index (κ1) is 13.7. The fourth-order valence-electron chi connectivity index (χ4n) is 1.90. The summed E-state index contributed by atoms with van der Waals surface area (Å²) in [6, 6.07) is 14.4. The zero-order valence-electron chi connectivity index (χ0n) is 11.2. The lowest BCUT2D eigenvalue weighted by Gasteiger charge is -2.09. The Labute approximate surface area is 118 Å². The minimum Gasteiger partial charge on any atom is -0.384 e. The molecule has 0 bridgehead atoms. The molecule has 2 aromatic rings. The second kappa shape index (κ2) is 5.93. The Hall–Kier alpha value is -1.74. The van der Waals surface area contributed by atoms with Crippen molar-refractivity contribution in [2.75, 3.05) is 0 Å². The van der Waals surface area contributed by atoms with Gasteiger partial charge in [0.25, 0.3) is 0 Å². The van der Waals surface area contributed by atoms with Crippen LogP contribution in [0.1, 0.15) is 22.3 Å². The van der Waals surface area contributed by atoms with Crippen molar-refractivity contribution in [3.05, 3.63) is 64.7 Å². The van der Waals surface area contributed by atoms with Gasteiger partial charge in [-0.25, -0.2) is 0 Å². The van der Waals surface area contributed by atoms with Gasteiger partial charge in [0.1, 0.15) is 5.84 Å². The van der Waals surface area contributed by atoms with Crippen LogP contribution in [0.2, 0.25) is 0 Å². The molecular weight excluding hydrogens is 252 g/mol. The molecule has 0 unspecified atom stereocenters. The van der Waals surface area contributed by atoms with Gasteiger partial charge in [0.15, 0.2) is 0 Å². The summed E-state index contributed by atoms with van der Waals surface area (Å²) in [4.78, 5) is 1.32. The normalized spacial score (nSPS) is 10.4. The molecule has 3 N–H and O–H groups in total. The van der Waals surface area contributed by atoms with Crippen LogP contribution < -0.4 is 5.73 Å². The van der Waals surface area contributed by atoms with Gasteiger partial charge < -0.3 is 5.73 Å². The Balaban J connectivity index is 2.12. The quantitative estimate of drug-likeness (QED) is 0.503. The summed E-state index contributed by atoms with van der Waals surface area (Å²) in [6.07, 6.45) is 0. The SMILES string of the molecule is Cc1cc(C(=N)N)ccc1CSc1ccccc1C. The zero-order chi connectivity index (χ0) is 13.8. The number of aryl methyl sites for hydroxylation is 2. The molecule has 19 heavy (non-hydrogen) atoms. The average molecular weight is 270 g/mol. The van der Waals surface area contributed by atoms with Crippen LogP contribution in [-0.4, -0.2) is 5.84 Å². The number of benzene rings is 2. The van der Waals surface area contributed by atoms with Gasteiger partial charge >= 0.3 is 0 Å².